The summed E-state index contributed by atoms with van der Waals surface area (Å²) in [6.45, 7) is 0.822. The molecule has 2 rings (SSSR count). The van der Waals surface area contributed by atoms with Gasteiger partial charge in [-0.3, -0.25) is 10.1 Å². The first-order chi connectivity index (χ1) is 12.9. The van der Waals surface area contributed by atoms with Gasteiger partial charge in [0.05, 0.1) is 11.0 Å². The molecule has 0 fully saturated rings. The van der Waals surface area contributed by atoms with Gasteiger partial charge in [0.1, 0.15) is 0 Å². The monoisotopic (exact) mass is 372 g/mol. The zero-order valence-electron chi connectivity index (χ0n) is 15.3. The van der Waals surface area contributed by atoms with E-state index in [2.05, 4.69) is 10.6 Å². The summed E-state index contributed by atoms with van der Waals surface area (Å²) in [5, 5.41) is 26.8. The molecule has 0 aromatic heterocycles. The Morgan fingerprint density at radius 1 is 1.19 bits per heavy atom. The first-order valence-corrected chi connectivity index (χ1v) is 8.54. The number of nitro benzene ring substituents is 1. The van der Waals surface area contributed by atoms with Gasteiger partial charge in [0, 0.05) is 36.8 Å². The van der Waals surface area contributed by atoms with Crippen molar-refractivity contribution in [2.24, 2.45) is 5.92 Å². The number of anilines is 1. The first kappa shape index (κ1) is 20.3. The zero-order valence-corrected chi connectivity index (χ0v) is 15.3. The SMILES string of the molecule is CN(C)C[C@@H](CNC(=O)Nc1cccc([N+](=O)[O-])c1)[C@H](O)c1ccccc1. The third-order valence-electron chi connectivity index (χ3n) is 4.03. The Morgan fingerprint density at radius 3 is 2.52 bits per heavy atom. The van der Waals surface area contributed by atoms with Crippen LogP contribution in [-0.4, -0.2) is 48.1 Å². The molecule has 2 atom stereocenters. The lowest BCUT2D eigenvalue weighted by Gasteiger charge is -2.26. The fraction of sp³-hybridized carbons (Fsp3) is 0.316. The van der Waals surface area contributed by atoms with Gasteiger partial charge in [0.15, 0.2) is 0 Å². The number of rotatable bonds is 8. The molecule has 0 aliphatic carbocycles. The second-order valence-corrected chi connectivity index (χ2v) is 6.52. The summed E-state index contributed by atoms with van der Waals surface area (Å²) in [5.41, 5.74) is 1.01. The second kappa shape index (κ2) is 9.65. The molecule has 8 heteroatoms. The molecule has 0 saturated carbocycles. The molecule has 0 unspecified atom stereocenters. The molecule has 0 spiro atoms. The third-order valence-corrected chi connectivity index (χ3v) is 4.03. The minimum atomic E-state index is -0.730. The lowest BCUT2D eigenvalue weighted by molar-refractivity contribution is -0.384. The number of aliphatic hydroxyl groups is 1. The maximum Gasteiger partial charge on any atom is 0.319 e. The van der Waals surface area contributed by atoms with E-state index < -0.39 is 17.1 Å². The van der Waals surface area contributed by atoms with Gasteiger partial charge >= 0.3 is 6.03 Å². The van der Waals surface area contributed by atoms with Crippen LogP contribution in [-0.2, 0) is 0 Å². The number of hydrogen-bond donors (Lipinski definition) is 3. The van der Waals surface area contributed by atoms with E-state index in [-0.39, 0.29) is 18.2 Å². The second-order valence-electron chi connectivity index (χ2n) is 6.52. The number of non-ortho nitro benzene ring substituents is 1. The summed E-state index contributed by atoms with van der Waals surface area (Å²) in [4.78, 5) is 24.4. The van der Waals surface area contributed by atoms with Crippen LogP contribution in [0.1, 0.15) is 11.7 Å². The Labute approximate surface area is 158 Å². The molecule has 0 aliphatic rings. The maximum absolute atomic E-state index is 12.2. The Hall–Kier alpha value is -2.97. The van der Waals surface area contributed by atoms with Crippen LogP contribution >= 0.6 is 0 Å². The molecule has 144 valence electrons. The van der Waals surface area contributed by atoms with Crippen molar-refractivity contribution in [1.29, 1.82) is 0 Å². The van der Waals surface area contributed by atoms with Gasteiger partial charge in [-0.15, -0.1) is 0 Å². The van der Waals surface area contributed by atoms with Gasteiger partial charge in [-0.25, -0.2) is 4.79 Å². The molecular formula is C19H24N4O4. The van der Waals surface area contributed by atoms with Gasteiger partial charge in [-0.05, 0) is 25.7 Å². The number of nitro groups is 1. The first-order valence-electron chi connectivity index (χ1n) is 8.54. The van der Waals surface area contributed by atoms with E-state index in [1.54, 1.807) is 6.07 Å². The molecule has 0 heterocycles. The van der Waals surface area contributed by atoms with Crippen molar-refractivity contribution in [2.75, 3.05) is 32.5 Å². The van der Waals surface area contributed by atoms with Crippen LogP contribution in [0.4, 0.5) is 16.2 Å². The molecule has 2 aromatic rings. The summed E-state index contributed by atoms with van der Waals surface area (Å²) in [6, 6.07) is 14.5. The minimum Gasteiger partial charge on any atom is -0.388 e. The van der Waals surface area contributed by atoms with Gasteiger partial charge in [-0.2, -0.15) is 0 Å². The van der Waals surface area contributed by atoms with Crippen LogP contribution in [0, 0.1) is 16.0 Å². The fourth-order valence-electron chi connectivity index (χ4n) is 2.76. The molecular weight excluding hydrogens is 348 g/mol. The van der Waals surface area contributed by atoms with Crippen molar-refractivity contribution in [3.63, 3.8) is 0 Å². The molecule has 8 nitrogen and oxygen atoms in total. The lowest BCUT2D eigenvalue weighted by atomic mass is 9.95. The Balaban J connectivity index is 1.98. The highest BCUT2D eigenvalue weighted by Crippen LogP contribution is 2.22. The number of nitrogens with one attached hydrogen (secondary N) is 2. The molecule has 0 radical (unpaired) electrons. The van der Waals surface area contributed by atoms with E-state index in [1.165, 1.54) is 18.2 Å². The molecule has 0 aliphatic heterocycles. The summed E-state index contributed by atoms with van der Waals surface area (Å²) < 4.78 is 0. The van der Waals surface area contributed by atoms with Crippen LogP contribution < -0.4 is 10.6 Å². The molecule has 0 saturated heterocycles. The van der Waals surface area contributed by atoms with E-state index in [4.69, 9.17) is 0 Å². The number of aliphatic hydroxyl groups excluding tert-OH is 1. The number of carbonyl (C=O) groups is 1. The van der Waals surface area contributed by atoms with Gasteiger partial charge in [-0.1, -0.05) is 36.4 Å². The number of amides is 2. The van der Waals surface area contributed by atoms with Crippen LogP contribution in [0.15, 0.2) is 54.6 Å². The van der Waals surface area contributed by atoms with E-state index in [0.29, 0.717) is 12.2 Å². The highest BCUT2D eigenvalue weighted by atomic mass is 16.6. The number of urea groups is 1. The molecule has 27 heavy (non-hydrogen) atoms. The number of hydrogen-bond acceptors (Lipinski definition) is 5. The summed E-state index contributed by atoms with van der Waals surface area (Å²) in [6.07, 6.45) is -0.730. The summed E-state index contributed by atoms with van der Waals surface area (Å²) in [7, 11) is 3.79. The van der Waals surface area contributed by atoms with Crippen molar-refractivity contribution in [3.05, 3.63) is 70.3 Å². The van der Waals surface area contributed by atoms with E-state index in [1.807, 2.05) is 49.3 Å². The van der Waals surface area contributed by atoms with Crippen molar-refractivity contribution in [3.8, 4) is 0 Å². The van der Waals surface area contributed by atoms with Gasteiger partial charge < -0.3 is 20.6 Å². The largest absolute Gasteiger partial charge is 0.388 e. The quantitative estimate of drug-likeness (QED) is 0.488. The van der Waals surface area contributed by atoms with Crippen molar-refractivity contribution < 1.29 is 14.8 Å². The average molecular weight is 372 g/mol. The predicted octanol–water partition coefficient (Wildman–Crippen LogP) is 2.63. The van der Waals surface area contributed by atoms with E-state index in [0.717, 1.165) is 5.56 Å². The lowest BCUT2D eigenvalue weighted by Crippen LogP contribution is -2.39. The molecule has 3 N–H and O–H groups in total. The fourth-order valence-corrected chi connectivity index (χ4v) is 2.76. The number of nitrogens with zero attached hydrogens (tertiary/aromatic N) is 2. The predicted molar refractivity (Wildman–Crippen MR) is 104 cm³/mol. The smallest absolute Gasteiger partial charge is 0.319 e. The van der Waals surface area contributed by atoms with Crippen molar-refractivity contribution >= 4 is 17.4 Å². The minimum absolute atomic E-state index is 0.0993. The zero-order chi connectivity index (χ0) is 19.8. The normalized spacial score (nSPS) is 13.0. The van der Waals surface area contributed by atoms with Crippen LogP contribution in [0.25, 0.3) is 0 Å². The summed E-state index contributed by atoms with van der Waals surface area (Å²) >= 11 is 0. The highest BCUT2D eigenvalue weighted by molar-refractivity contribution is 5.89. The van der Waals surface area contributed by atoms with E-state index >= 15 is 0 Å². The third kappa shape index (κ3) is 6.36. The summed E-state index contributed by atoms with van der Waals surface area (Å²) in [5.74, 6) is -0.224. The topological polar surface area (TPSA) is 108 Å². The molecule has 0 bridgehead atoms. The van der Waals surface area contributed by atoms with Gasteiger partial charge in [0.2, 0.25) is 0 Å². The van der Waals surface area contributed by atoms with Crippen LogP contribution in [0.5, 0.6) is 0 Å². The van der Waals surface area contributed by atoms with E-state index in [9.17, 15) is 20.0 Å². The van der Waals surface area contributed by atoms with Gasteiger partial charge in [0.25, 0.3) is 5.69 Å². The standard InChI is InChI=1S/C19H24N4O4/c1-22(2)13-15(18(24)14-7-4-3-5-8-14)12-20-19(25)21-16-9-6-10-17(11-16)23(26)27/h3-11,15,18,24H,12-13H2,1-2H3,(H2,20,21,25)/t15-,18-/m1/s1. The number of benzene rings is 2. The number of carbonyl (C=O) groups excluding carboxylic acids is 1. The Bertz CT molecular complexity index is 767. The Morgan fingerprint density at radius 2 is 1.89 bits per heavy atom. The Kier molecular flexibility index (Phi) is 7.27. The van der Waals surface area contributed by atoms with Crippen molar-refractivity contribution in [2.45, 2.75) is 6.10 Å². The van der Waals surface area contributed by atoms with Crippen LogP contribution in [0.3, 0.4) is 0 Å². The molecule has 2 aromatic carbocycles. The van der Waals surface area contributed by atoms with Crippen molar-refractivity contribution in [1.82, 2.24) is 10.2 Å². The average Bonchev–Trinajstić information content (AvgIpc) is 2.65. The highest BCUT2D eigenvalue weighted by Gasteiger charge is 2.22. The van der Waals surface area contributed by atoms with Crippen LogP contribution in [0.2, 0.25) is 0 Å². The molecule has 2 amide bonds. The maximum atomic E-state index is 12.2.